The summed E-state index contributed by atoms with van der Waals surface area (Å²) >= 11 is 0. The van der Waals surface area contributed by atoms with Gasteiger partial charge in [-0.3, -0.25) is 14.2 Å². The fourth-order valence-corrected chi connectivity index (χ4v) is 8.51. The van der Waals surface area contributed by atoms with Gasteiger partial charge in [-0.25, -0.2) is 0 Å². The second-order valence-electron chi connectivity index (χ2n) is 20.1. The summed E-state index contributed by atoms with van der Waals surface area (Å²) in [6.07, 6.45) is 61.4. The van der Waals surface area contributed by atoms with Gasteiger partial charge >= 0.3 is 5.97 Å². The lowest BCUT2D eigenvalue weighted by molar-refractivity contribution is -0.870. The third-order valence-electron chi connectivity index (χ3n) is 12.2. The number of phosphoric acid groups is 1. The number of unbranched alkanes of at least 4 members (excludes halogenated alkanes) is 26. The molecule has 0 bridgehead atoms. The number of amides is 1. The van der Waals surface area contributed by atoms with Crippen molar-refractivity contribution in [2.45, 2.75) is 251 Å². The zero-order valence-electron chi connectivity index (χ0n) is 45.5. The molecule has 400 valence electrons. The van der Waals surface area contributed by atoms with Crippen molar-refractivity contribution in [1.29, 1.82) is 0 Å². The van der Waals surface area contributed by atoms with Gasteiger partial charge in [0.15, 0.2) is 0 Å². The van der Waals surface area contributed by atoms with E-state index in [9.17, 15) is 19.0 Å². The summed E-state index contributed by atoms with van der Waals surface area (Å²) in [7, 11) is 1.16. The maximum atomic E-state index is 13.5. The molecule has 69 heavy (non-hydrogen) atoms. The second-order valence-corrected chi connectivity index (χ2v) is 21.5. The van der Waals surface area contributed by atoms with Gasteiger partial charge in [0.05, 0.1) is 33.8 Å². The topological polar surface area (TPSA) is 114 Å². The molecular weight excluding hydrogens is 880 g/mol. The van der Waals surface area contributed by atoms with Crippen LogP contribution in [0, 0.1) is 0 Å². The summed E-state index contributed by atoms with van der Waals surface area (Å²) in [4.78, 5) is 39.8. The van der Waals surface area contributed by atoms with Crippen LogP contribution in [-0.4, -0.2) is 69.4 Å². The monoisotopic (exact) mass is 987 g/mol. The molecule has 0 aromatic heterocycles. The number of carbonyl (C=O) groups is 2. The molecular formula is C59H107N2O7P. The van der Waals surface area contributed by atoms with Crippen LogP contribution in [0.25, 0.3) is 0 Å². The summed E-state index contributed by atoms with van der Waals surface area (Å²) in [6.45, 7) is 6.66. The van der Waals surface area contributed by atoms with Crippen LogP contribution in [0.1, 0.15) is 239 Å². The van der Waals surface area contributed by atoms with E-state index in [-0.39, 0.29) is 24.9 Å². The average Bonchev–Trinajstić information content (AvgIpc) is 3.31. The standard InChI is InChI=1S/C59H107N2O7P/c1-7-10-13-16-19-22-25-27-29-30-32-33-36-39-42-45-48-51-58(62)60-56(55-67-69(64,65)66-54-53-61(4,5)6)57(50-47-44-41-38-35-24-21-18-15-12-9-3)68-59(63)52-49-46-43-40-37-34-31-28-26-23-20-17-14-11-8-2/h11,14,17,19-20,22-23,26-27,29,47,50,56-57H,7-10,12-13,15-16,18,21,24-25,28,30-46,48-49,51-55H2,1-6H3,(H-,60,62,64,65)/b14-11+,20-17+,22-19-,26-23+,29-27-,50-47+. The molecule has 0 aliphatic heterocycles. The van der Waals surface area contributed by atoms with Crippen molar-refractivity contribution in [3.63, 3.8) is 0 Å². The lowest BCUT2D eigenvalue weighted by Gasteiger charge is -2.30. The highest BCUT2D eigenvalue weighted by Crippen LogP contribution is 2.38. The molecule has 9 nitrogen and oxygen atoms in total. The predicted molar refractivity (Wildman–Crippen MR) is 293 cm³/mol. The quantitative estimate of drug-likeness (QED) is 0.0161. The van der Waals surface area contributed by atoms with E-state index in [1.165, 1.54) is 109 Å². The fourth-order valence-electron chi connectivity index (χ4n) is 7.79. The minimum absolute atomic E-state index is 0.0287. The highest BCUT2D eigenvalue weighted by molar-refractivity contribution is 7.45. The average molecular weight is 987 g/mol. The molecule has 0 saturated carbocycles. The number of phosphoric ester groups is 1. The smallest absolute Gasteiger partial charge is 0.306 e. The Morgan fingerprint density at radius 3 is 1.52 bits per heavy atom. The van der Waals surface area contributed by atoms with Crippen LogP contribution in [0.5, 0.6) is 0 Å². The van der Waals surface area contributed by atoms with Gasteiger partial charge in [0, 0.05) is 12.8 Å². The van der Waals surface area contributed by atoms with Crippen molar-refractivity contribution in [2.75, 3.05) is 40.9 Å². The van der Waals surface area contributed by atoms with Crippen molar-refractivity contribution < 1.29 is 37.3 Å². The molecule has 0 spiro atoms. The van der Waals surface area contributed by atoms with Crippen molar-refractivity contribution in [1.82, 2.24) is 5.32 Å². The molecule has 0 aromatic rings. The van der Waals surface area contributed by atoms with Crippen LogP contribution in [0.2, 0.25) is 0 Å². The number of nitrogens with one attached hydrogen (secondary N) is 1. The Morgan fingerprint density at radius 1 is 0.536 bits per heavy atom. The van der Waals surface area contributed by atoms with Gasteiger partial charge in [-0.2, -0.15) is 0 Å². The summed E-state index contributed by atoms with van der Waals surface area (Å²) in [5.41, 5.74) is 0. The molecule has 10 heteroatoms. The molecule has 0 aliphatic rings. The van der Waals surface area contributed by atoms with Gasteiger partial charge in [0.2, 0.25) is 5.91 Å². The number of hydrogen-bond acceptors (Lipinski definition) is 7. The molecule has 0 radical (unpaired) electrons. The third-order valence-corrected chi connectivity index (χ3v) is 13.1. The SMILES string of the molecule is CC/C=C/C=C/C=C/CCCCCCCCCC(=O)OC(/C=C/CCCCCCCCCCC)C(COP(=O)([O-])OCC[N+](C)(C)C)NC(=O)CCCCCCCCC/C=C\C/C=C\CCCCC. The first-order valence-corrected chi connectivity index (χ1v) is 29.7. The molecule has 1 amide bonds. The van der Waals surface area contributed by atoms with Gasteiger partial charge in [0.1, 0.15) is 19.3 Å². The molecule has 1 N–H and O–H groups in total. The van der Waals surface area contributed by atoms with Gasteiger partial charge in [-0.05, 0) is 83.1 Å². The first kappa shape index (κ1) is 66.5. The van der Waals surface area contributed by atoms with E-state index in [4.69, 9.17) is 13.8 Å². The third kappa shape index (κ3) is 50.2. The molecule has 0 heterocycles. The molecule has 3 unspecified atom stereocenters. The van der Waals surface area contributed by atoms with Gasteiger partial charge < -0.3 is 28.5 Å². The summed E-state index contributed by atoms with van der Waals surface area (Å²) in [5.74, 6) is -0.567. The van der Waals surface area contributed by atoms with Crippen molar-refractivity contribution in [3.8, 4) is 0 Å². The van der Waals surface area contributed by atoms with E-state index < -0.39 is 26.6 Å². The first-order chi connectivity index (χ1) is 33.4. The number of likely N-dealkylation sites (N-methyl/N-ethyl adjacent to an activating group) is 1. The Morgan fingerprint density at radius 2 is 0.986 bits per heavy atom. The number of quaternary nitrogens is 1. The maximum Gasteiger partial charge on any atom is 0.306 e. The van der Waals surface area contributed by atoms with Crippen LogP contribution in [0.4, 0.5) is 0 Å². The normalized spacial score (nSPS) is 14.4. The van der Waals surface area contributed by atoms with E-state index in [1.54, 1.807) is 0 Å². The lowest BCUT2D eigenvalue weighted by Crippen LogP contribution is -2.47. The van der Waals surface area contributed by atoms with Crippen LogP contribution in [-0.2, 0) is 27.9 Å². The fraction of sp³-hybridized carbons (Fsp3) is 0.763. The minimum atomic E-state index is -4.70. The van der Waals surface area contributed by atoms with Crippen molar-refractivity contribution >= 4 is 19.7 Å². The second kappa shape index (κ2) is 49.0. The lowest BCUT2D eigenvalue weighted by atomic mass is 10.1. The Kier molecular flexibility index (Phi) is 47.2. The largest absolute Gasteiger partial charge is 0.756 e. The van der Waals surface area contributed by atoms with E-state index in [1.807, 2.05) is 33.3 Å². The van der Waals surface area contributed by atoms with E-state index in [0.717, 1.165) is 89.9 Å². The number of carbonyl (C=O) groups excluding carboxylic acids is 2. The van der Waals surface area contributed by atoms with Crippen molar-refractivity contribution in [2.24, 2.45) is 0 Å². The van der Waals surface area contributed by atoms with E-state index in [0.29, 0.717) is 23.9 Å². The van der Waals surface area contributed by atoms with Crippen molar-refractivity contribution in [3.05, 3.63) is 72.9 Å². The Labute approximate surface area is 425 Å². The zero-order chi connectivity index (χ0) is 50.8. The number of esters is 1. The highest BCUT2D eigenvalue weighted by Gasteiger charge is 2.27. The Hall–Kier alpha value is -2.55. The zero-order valence-corrected chi connectivity index (χ0v) is 46.4. The van der Waals surface area contributed by atoms with Gasteiger partial charge in [0.25, 0.3) is 7.82 Å². The molecule has 0 rings (SSSR count). The van der Waals surface area contributed by atoms with E-state index in [2.05, 4.69) is 86.8 Å². The number of nitrogens with zero attached hydrogens (tertiary/aromatic N) is 1. The summed E-state index contributed by atoms with van der Waals surface area (Å²) in [5, 5.41) is 3.01. The number of allylic oxidation sites excluding steroid dienone is 11. The molecule has 3 atom stereocenters. The molecule has 0 aromatic carbocycles. The number of hydrogen-bond donors (Lipinski definition) is 1. The Balaban J connectivity index is 5.35. The Bertz CT molecular complexity index is 1420. The summed E-state index contributed by atoms with van der Waals surface area (Å²) < 4.78 is 30.2. The minimum Gasteiger partial charge on any atom is -0.756 e. The summed E-state index contributed by atoms with van der Waals surface area (Å²) in [6, 6.07) is -0.898. The van der Waals surface area contributed by atoms with Crippen LogP contribution in [0.15, 0.2) is 72.9 Å². The van der Waals surface area contributed by atoms with Crippen LogP contribution in [0.3, 0.4) is 0 Å². The van der Waals surface area contributed by atoms with Crippen LogP contribution >= 0.6 is 7.82 Å². The van der Waals surface area contributed by atoms with E-state index >= 15 is 0 Å². The molecule has 0 aliphatic carbocycles. The number of rotatable bonds is 50. The maximum absolute atomic E-state index is 13.5. The highest BCUT2D eigenvalue weighted by atomic mass is 31.2. The number of ether oxygens (including phenoxy) is 1. The van der Waals surface area contributed by atoms with Gasteiger partial charge in [-0.1, -0.05) is 216 Å². The molecule has 0 fully saturated rings. The van der Waals surface area contributed by atoms with Crippen LogP contribution < -0.4 is 10.2 Å². The van der Waals surface area contributed by atoms with Gasteiger partial charge in [-0.15, -0.1) is 0 Å². The predicted octanol–water partition coefficient (Wildman–Crippen LogP) is 16.3. The first-order valence-electron chi connectivity index (χ1n) is 28.3. The molecule has 0 saturated heterocycles.